The summed E-state index contributed by atoms with van der Waals surface area (Å²) in [7, 11) is 0. The van der Waals surface area contributed by atoms with Crippen molar-refractivity contribution in [1.82, 2.24) is 9.55 Å². The molecule has 0 aliphatic carbocycles. The number of carboxylic acid groups (broad SMARTS) is 1. The number of aliphatic carboxylic acids is 1. The Labute approximate surface area is 104 Å². The van der Waals surface area contributed by atoms with Crippen LogP contribution >= 0.6 is 11.8 Å². The number of rotatable bonds is 4. The van der Waals surface area contributed by atoms with E-state index >= 15 is 0 Å². The van der Waals surface area contributed by atoms with Crippen molar-refractivity contribution >= 4 is 28.8 Å². The highest BCUT2D eigenvalue weighted by Gasteiger charge is 2.11. The van der Waals surface area contributed by atoms with Crippen LogP contribution in [0.25, 0.3) is 11.0 Å². The summed E-state index contributed by atoms with van der Waals surface area (Å²) in [5.41, 5.74) is 3.17. The van der Waals surface area contributed by atoms with Crippen LogP contribution in [0.4, 0.5) is 0 Å². The zero-order valence-electron chi connectivity index (χ0n) is 9.80. The Kier molecular flexibility index (Phi) is 3.38. The Morgan fingerprint density at radius 3 is 2.94 bits per heavy atom. The van der Waals surface area contributed by atoms with E-state index in [1.54, 1.807) is 0 Å². The normalized spacial score (nSPS) is 10.9. The summed E-state index contributed by atoms with van der Waals surface area (Å²) in [6, 6.07) is 6.07. The fourth-order valence-electron chi connectivity index (χ4n) is 1.75. The molecule has 0 amide bonds. The minimum atomic E-state index is -0.819. The number of hydrogen-bond donors (Lipinski definition) is 1. The monoisotopic (exact) mass is 250 g/mol. The molecule has 4 nitrogen and oxygen atoms in total. The number of thioether (sulfide) groups is 1. The number of carboxylic acids is 1. The van der Waals surface area contributed by atoms with Gasteiger partial charge in [-0.25, -0.2) is 4.98 Å². The summed E-state index contributed by atoms with van der Waals surface area (Å²) in [6.07, 6.45) is 0. The van der Waals surface area contributed by atoms with Crippen LogP contribution < -0.4 is 0 Å². The first-order chi connectivity index (χ1) is 8.11. The molecule has 1 N–H and O–H groups in total. The SMILES string of the molecule is CCn1c(SCC(=O)O)nc2ccc(C)cc21. The van der Waals surface area contributed by atoms with Gasteiger partial charge in [0.15, 0.2) is 5.16 Å². The van der Waals surface area contributed by atoms with Crippen molar-refractivity contribution in [3.8, 4) is 0 Å². The Balaban J connectivity index is 2.45. The number of imidazole rings is 1. The zero-order valence-corrected chi connectivity index (χ0v) is 10.6. The number of aryl methyl sites for hydroxylation is 2. The molecular weight excluding hydrogens is 236 g/mol. The molecule has 1 aromatic heterocycles. The van der Waals surface area contributed by atoms with E-state index in [9.17, 15) is 4.79 Å². The molecule has 0 aliphatic rings. The Bertz CT molecular complexity index is 563. The number of nitrogens with zero attached hydrogens (tertiary/aromatic N) is 2. The van der Waals surface area contributed by atoms with Crippen molar-refractivity contribution < 1.29 is 9.90 Å². The molecule has 1 aromatic carbocycles. The topological polar surface area (TPSA) is 55.1 Å². The van der Waals surface area contributed by atoms with Gasteiger partial charge in [0.25, 0.3) is 0 Å². The number of aromatic nitrogens is 2. The molecule has 0 aliphatic heterocycles. The van der Waals surface area contributed by atoms with Gasteiger partial charge in [-0.05, 0) is 31.5 Å². The lowest BCUT2D eigenvalue weighted by Gasteiger charge is -2.04. The third-order valence-corrected chi connectivity index (χ3v) is 3.47. The van der Waals surface area contributed by atoms with Crippen LogP contribution in [0.5, 0.6) is 0 Å². The van der Waals surface area contributed by atoms with Crippen molar-refractivity contribution in [3.63, 3.8) is 0 Å². The van der Waals surface area contributed by atoms with Crippen LogP contribution in [0.2, 0.25) is 0 Å². The van der Waals surface area contributed by atoms with E-state index < -0.39 is 5.97 Å². The molecule has 5 heteroatoms. The molecule has 0 bridgehead atoms. The van der Waals surface area contributed by atoms with Crippen LogP contribution in [0.1, 0.15) is 12.5 Å². The van der Waals surface area contributed by atoms with E-state index in [1.165, 1.54) is 17.3 Å². The zero-order chi connectivity index (χ0) is 12.4. The van der Waals surface area contributed by atoms with Gasteiger partial charge in [-0.3, -0.25) is 4.79 Å². The van der Waals surface area contributed by atoms with Gasteiger partial charge in [-0.2, -0.15) is 0 Å². The van der Waals surface area contributed by atoms with E-state index in [0.717, 1.165) is 22.7 Å². The van der Waals surface area contributed by atoms with Crippen LogP contribution in [-0.2, 0) is 11.3 Å². The first-order valence-corrected chi connectivity index (χ1v) is 6.42. The molecule has 90 valence electrons. The molecule has 0 saturated carbocycles. The van der Waals surface area contributed by atoms with Crippen molar-refractivity contribution in [2.45, 2.75) is 25.5 Å². The maximum Gasteiger partial charge on any atom is 0.313 e. The first-order valence-electron chi connectivity index (χ1n) is 5.43. The average molecular weight is 250 g/mol. The lowest BCUT2D eigenvalue weighted by molar-refractivity contribution is -0.133. The third kappa shape index (κ3) is 2.44. The molecular formula is C12H14N2O2S. The van der Waals surface area contributed by atoms with Gasteiger partial charge in [-0.15, -0.1) is 0 Å². The molecule has 2 rings (SSSR count). The van der Waals surface area contributed by atoms with E-state index in [2.05, 4.69) is 15.6 Å². The van der Waals surface area contributed by atoms with Gasteiger partial charge in [0.05, 0.1) is 16.8 Å². The molecule has 0 saturated heterocycles. The summed E-state index contributed by atoms with van der Waals surface area (Å²) in [4.78, 5) is 15.0. The highest BCUT2D eigenvalue weighted by molar-refractivity contribution is 7.99. The Morgan fingerprint density at radius 2 is 2.29 bits per heavy atom. The standard InChI is InChI=1S/C12H14N2O2S/c1-3-14-10-6-8(2)4-5-9(10)13-12(14)17-7-11(15)16/h4-6H,3,7H2,1-2H3,(H,15,16). The minimum absolute atomic E-state index is 0.0440. The van der Waals surface area contributed by atoms with E-state index in [4.69, 9.17) is 5.11 Å². The largest absolute Gasteiger partial charge is 0.481 e. The molecule has 0 radical (unpaired) electrons. The predicted molar refractivity (Wildman–Crippen MR) is 68.5 cm³/mol. The lowest BCUT2D eigenvalue weighted by Crippen LogP contribution is -2.01. The molecule has 0 spiro atoms. The van der Waals surface area contributed by atoms with Crippen molar-refractivity contribution in [3.05, 3.63) is 23.8 Å². The minimum Gasteiger partial charge on any atom is -0.481 e. The molecule has 2 aromatic rings. The van der Waals surface area contributed by atoms with E-state index in [1.807, 2.05) is 26.0 Å². The average Bonchev–Trinajstić information content (AvgIpc) is 2.63. The molecule has 0 unspecified atom stereocenters. The molecule has 1 heterocycles. The number of carbonyl (C=O) groups is 1. The van der Waals surface area contributed by atoms with Gasteiger partial charge in [0.2, 0.25) is 0 Å². The van der Waals surface area contributed by atoms with E-state index in [-0.39, 0.29) is 5.75 Å². The number of fused-ring (bicyclic) bond motifs is 1. The molecule has 0 atom stereocenters. The Morgan fingerprint density at radius 1 is 1.53 bits per heavy atom. The predicted octanol–water partition coefficient (Wildman–Crippen LogP) is 2.54. The summed E-state index contributed by atoms with van der Waals surface area (Å²) in [5.74, 6) is -0.775. The third-order valence-electron chi connectivity index (χ3n) is 2.51. The summed E-state index contributed by atoms with van der Waals surface area (Å²) >= 11 is 1.26. The summed E-state index contributed by atoms with van der Waals surface area (Å²) in [5, 5.41) is 9.47. The summed E-state index contributed by atoms with van der Waals surface area (Å²) < 4.78 is 2.05. The van der Waals surface area contributed by atoms with Gasteiger partial charge in [0, 0.05) is 6.54 Å². The van der Waals surface area contributed by atoms with Crippen LogP contribution in [0, 0.1) is 6.92 Å². The van der Waals surface area contributed by atoms with Crippen LogP contribution in [0.15, 0.2) is 23.4 Å². The quantitative estimate of drug-likeness (QED) is 0.847. The molecule has 17 heavy (non-hydrogen) atoms. The molecule has 0 fully saturated rings. The highest BCUT2D eigenvalue weighted by Crippen LogP contribution is 2.24. The van der Waals surface area contributed by atoms with Crippen molar-refractivity contribution in [1.29, 1.82) is 0 Å². The summed E-state index contributed by atoms with van der Waals surface area (Å²) in [6.45, 7) is 4.87. The van der Waals surface area contributed by atoms with Crippen molar-refractivity contribution in [2.24, 2.45) is 0 Å². The fourth-order valence-corrected chi connectivity index (χ4v) is 2.55. The van der Waals surface area contributed by atoms with Gasteiger partial charge < -0.3 is 9.67 Å². The maximum absolute atomic E-state index is 10.6. The second-order valence-electron chi connectivity index (χ2n) is 3.81. The van der Waals surface area contributed by atoms with E-state index in [0.29, 0.717) is 0 Å². The maximum atomic E-state index is 10.6. The van der Waals surface area contributed by atoms with Gasteiger partial charge in [0.1, 0.15) is 0 Å². The lowest BCUT2D eigenvalue weighted by atomic mass is 10.2. The smallest absolute Gasteiger partial charge is 0.313 e. The second kappa shape index (κ2) is 4.79. The highest BCUT2D eigenvalue weighted by atomic mass is 32.2. The van der Waals surface area contributed by atoms with Crippen molar-refractivity contribution in [2.75, 3.05) is 5.75 Å². The van der Waals surface area contributed by atoms with Crippen LogP contribution in [0.3, 0.4) is 0 Å². The number of benzene rings is 1. The second-order valence-corrected chi connectivity index (χ2v) is 4.76. The number of hydrogen-bond acceptors (Lipinski definition) is 3. The fraction of sp³-hybridized carbons (Fsp3) is 0.333. The van der Waals surface area contributed by atoms with Gasteiger partial charge >= 0.3 is 5.97 Å². The van der Waals surface area contributed by atoms with Crippen LogP contribution in [-0.4, -0.2) is 26.4 Å². The van der Waals surface area contributed by atoms with Gasteiger partial charge in [-0.1, -0.05) is 17.8 Å². The first kappa shape index (κ1) is 12.0. The Hall–Kier alpha value is -1.49.